The molecule has 0 radical (unpaired) electrons. The molecule has 2 aromatic rings. The Bertz CT molecular complexity index is 1010. The maximum absolute atomic E-state index is 13.6. The van der Waals surface area contributed by atoms with Crippen LogP contribution in [0.25, 0.3) is 0 Å². The standard InChI is InChI=1S/C25H31FN2O4S/c1-3-16(2)12-17-13-20(33-15-17)9-10-27-24(31)22(29)23(30)25(32)28-11-5-8-21(28)18-6-4-7-19(26)14-18/h3-4,6-7,13-15,21-23,29-30H,5,8-12H2,1-2H3,(H,27,31)/t21?,22-,23-/m1/s1. The van der Waals surface area contributed by atoms with Crippen molar-refractivity contribution in [3.05, 3.63) is 69.2 Å². The predicted octanol–water partition coefficient (Wildman–Crippen LogP) is 3.14. The molecule has 1 aliphatic heterocycles. The van der Waals surface area contributed by atoms with E-state index in [1.165, 1.54) is 28.2 Å². The number of allylic oxidation sites excluding steroid dienone is 2. The van der Waals surface area contributed by atoms with Gasteiger partial charge in [-0.2, -0.15) is 0 Å². The molecule has 1 aromatic carbocycles. The van der Waals surface area contributed by atoms with E-state index in [0.717, 1.165) is 11.3 Å². The summed E-state index contributed by atoms with van der Waals surface area (Å²) in [6.07, 6.45) is 1.13. The zero-order valence-corrected chi connectivity index (χ0v) is 19.8. The Labute approximate surface area is 197 Å². The highest BCUT2D eigenvalue weighted by atomic mass is 32.1. The summed E-state index contributed by atoms with van der Waals surface area (Å²) in [5, 5.41) is 25.3. The zero-order chi connectivity index (χ0) is 24.0. The first-order valence-electron chi connectivity index (χ1n) is 11.2. The highest BCUT2D eigenvalue weighted by molar-refractivity contribution is 7.10. The maximum atomic E-state index is 13.6. The second-order valence-corrected chi connectivity index (χ2v) is 9.40. The lowest BCUT2D eigenvalue weighted by Gasteiger charge is -2.28. The maximum Gasteiger partial charge on any atom is 0.255 e. The number of nitrogens with one attached hydrogen (secondary N) is 1. The molecule has 0 aliphatic carbocycles. The third-order valence-electron chi connectivity index (χ3n) is 5.94. The molecule has 2 heterocycles. The first kappa shape index (κ1) is 25.1. The Morgan fingerprint density at radius 1 is 1.30 bits per heavy atom. The van der Waals surface area contributed by atoms with Crippen molar-refractivity contribution in [1.82, 2.24) is 10.2 Å². The van der Waals surface area contributed by atoms with E-state index in [1.807, 2.05) is 6.92 Å². The topological polar surface area (TPSA) is 89.9 Å². The van der Waals surface area contributed by atoms with Crippen molar-refractivity contribution in [2.75, 3.05) is 13.1 Å². The second kappa shape index (κ2) is 11.5. The van der Waals surface area contributed by atoms with E-state index in [-0.39, 0.29) is 6.54 Å². The molecule has 3 N–H and O–H groups in total. The van der Waals surface area contributed by atoms with E-state index in [0.29, 0.717) is 31.4 Å². The zero-order valence-electron chi connectivity index (χ0n) is 19.0. The largest absolute Gasteiger partial charge is 0.380 e. The second-order valence-electron chi connectivity index (χ2n) is 8.41. The van der Waals surface area contributed by atoms with Crippen LogP contribution in [0.1, 0.15) is 48.7 Å². The molecule has 178 valence electrons. The van der Waals surface area contributed by atoms with Crippen molar-refractivity contribution in [2.45, 2.75) is 57.8 Å². The number of aliphatic hydroxyl groups excluding tert-OH is 2. The summed E-state index contributed by atoms with van der Waals surface area (Å²) < 4.78 is 13.6. The lowest BCUT2D eigenvalue weighted by atomic mass is 10.0. The molecule has 1 fully saturated rings. The first-order chi connectivity index (χ1) is 15.8. The summed E-state index contributed by atoms with van der Waals surface area (Å²) in [6, 6.07) is 7.69. The molecular weight excluding hydrogens is 443 g/mol. The number of halogens is 1. The number of hydrogen-bond donors (Lipinski definition) is 3. The Hall–Kier alpha value is -2.55. The molecule has 3 rings (SSSR count). The fourth-order valence-electron chi connectivity index (χ4n) is 4.03. The van der Waals surface area contributed by atoms with Gasteiger partial charge in [0.15, 0.2) is 12.2 Å². The van der Waals surface area contributed by atoms with Gasteiger partial charge in [-0.25, -0.2) is 4.39 Å². The molecule has 1 aliphatic rings. The minimum Gasteiger partial charge on any atom is -0.380 e. The summed E-state index contributed by atoms with van der Waals surface area (Å²) in [5.41, 5.74) is 3.13. The van der Waals surface area contributed by atoms with Gasteiger partial charge in [0.2, 0.25) is 0 Å². The molecule has 0 saturated carbocycles. The number of aliphatic hydroxyl groups is 2. The molecule has 3 atom stereocenters. The summed E-state index contributed by atoms with van der Waals surface area (Å²) >= 11 is 1.61. The average Bonchev–Trinajstić information content (AvgIpc) is 3.47. The van der Waals surface area contributed by atoms with Crippen LogP contribution < -0.4 is 5.32 Å². The van der Waals surface area contributed by atoms with Crippen LogP contribution >= 0.6 is 11.3 Å². The van der Waals surface area contributed by atoms with Gasteiger partial charge in [-0.3, -0.25) is 9.59 Å². The number of rotatable bonds is 9. The third-order valence-corrected chi connectivity index (χ3v) is 6.99. The van der Waals surface area contributed by atoms with E-state index in [1.54, 1.807) is 23.5 Å². The molecule has 6 nitrogen and oxygen atoms in total. The van der Waals surface area contributed by atoms with Gasteiger partial charge in [0.1, 0.15) is 5.82 Å². The number of carbonyl (C=O) groups excluding carboxylic acids is 2. The predicted molar refractivity (Wildman–Crippen MR) is 126 cm³/mol. The van der Waals surface area contributed by atoms with Gasteiger partial charge in [-0.15, -0.1) is 11.3 Å². The van der Waals surface area contributed by atoms with Gasteiger partial charge >= 0.3 is 0 Å². The van der Waals surface area contributed by atoms with Gasteiger partial charge < -0.3 is 20.4 Å². The van der Waals surface area contributed by atoms with Crippen LogP contribution in [-0.4, -0.2) is 52.2 Å². The highest BCUT2D eigenvalue weighted by Crippen LogP contribution is 2.32. The summed E-state index contributed by atoms with van der Waals surface area (Å²) in [6.45, 7) is 4.75. The number of nitrogens with zero attached hydrogens (tertiary/aromatic N) is 1. The lowest BCUT2D eigenvalue weighted by molar-refractivity contribution is -0.153. The molecule has 8 heteroatoms. The van der Waals surface area contributed by atoms with E-state index >= 15 is 0 Å². The smallest absolute Gasteiger partial charge is 0.255 e. The van der Waals surface area contributed by atoms with E-state index in [9.17, 15) is 24.2 Å². The van der Waals surface area contributed by atoms with E-state index < -0.39 is 35.9 Å². The van der Waals surface area contributed by atoms with E-state index in [4.69, 9.17) is 0 Å². The van der Waals surface area contributed by atoms with Gasteiger partial charge in [0.25, 0.3) is 11.8 Å². The molecule has 33 heavy (non-hydrogen) atoms. The van der Waals surface area contributed by atoms with Crippen LogP contribution in [0.4, 0.5) is 4.39 Å². The fraction of sp³-hybridized carbons (Fsp3) is 0.440. The highest BCUT2D eigenvalue weighted by Gasteiger charge is 2.38. The van der Waals surface area contributed by atoms with Crippen molar-refractivity contribution >= 4 is 23.2 Å². The van der Waals surface area contributed by atoms with Crippen LogP contribution in [-0.2, 0) is 22.4 Å². The molecular formula is C25H31FN2O4S. The average molecular weight is 475 g/mol. The third kappa shape index (κ3) is 6.50. The Morgan fingerprint density at radius 3 is 2.82 bits per heavy atom. The Morgan fingerprint density at radius 2 is 2.09 bits per heavy atom. The minimum absolute atomic E-state index is 0.287. The molecule has 1 aromatic heterocycles. The minimum atomic E-state index is -1.88. The Kier molecular flexibility index (Phi) is 8.77. The van der Waals surface area contributed by atoms with Crippen molar-refractivity contribution in [3.63, 3.8) is 0 Å². The Balaban J connectivity index is 1.52. The fourth-order valence-corrected chi connectivity index (χ4v) is 4.92. The number of amides is 2. The number of benzene rings is 1. The van der Waals surface area contributed by atoms with Crippen LogP contribution in [0.3, 0.4) is 0 Å². The van der Waals surface area contributed by atoms with Crippen LogP contribution in [0.15, 0.2) is 47.4 Å². The summed E-state index contributed by atoms with van der Waals surface area (Å²) in [7, 11) is 0. The molecule has 1 saturated heterocycles. The van der Waals surface area contributed by atoms with Crippen LogP contribution in [0, 0.1) is 5.82 Å². The molecule has 0 spiro atoms. The van der Waals surface area contributed by atoms with Crippen LogP contribution in [0.2, 0.25) is 0 Å². The molecule has 1 unspecified atom stereocenters. The summed E-state index contributed by atoms with van der Waals surface area (Å²) in [5.74, 6) is -1.92. The molecule has 2 amide bonds. The number of hydrogen-bond acceptors (Lipinski definition) is 5. The molecule has 0 bridgehead atoms. The monoisotopic (exact) mass is 474 g/mol. The quantitative estimate of drug-likeness (QED) is 0.487. The van der Waals surface area contributed by atoms with Gasteiger partial charge in [0.05, 0.1) is 6.04 Å². The van der Waals surface area contributed by atoms with Crippen molar-refractivity contribution in [3.8, 4) is 0 Å². The van der Waals surface area contributed by atoms with E-state index in [2.05, 4.69) is 29.8 Å². The van der Waals surface area contributed by atoms with Gasteiger partial charge in [-0.1, -0.05) is 23.8 Å². The normalized spacial score (nSPS) is 18.3. The number of thiophene rings is 1. The SMILES string of the molecule is CC=C(C)Cc1csc(CCNC(=O)[C@H](O)[C@@H](O)C(=O)N2CCCC2c2cccc(F)c2)c1. The van der Waals surface area contributed by atoms with Gasteiger partial charge in [0, 0.05) is 18.0 Å². The van der Waals surface area contributed by atoms with Crippen LogP contribution in [0.5, 0.6) is 0 Å². The van der Waals surface area contributed by atoms with Crippen molar-refractivity contribution in [2.24, 2.45) is 0 Å². The summed E-state index contributed by atoms with van der Waals surface area (Å²) in [4.78, 5) is 27.7. The van der Waals surface area contributed by atoms with Crippen molar-refractivity contribution in [1.29, 1.82) is 0 Å². The number of carbonyl (C=O) groups is 2. The lowest BCUT2D eigenvalue weighted by Crippen LogP contribution is -2.50. The van der Waals surface area contributed by atoms with Gasteiger partial charge in [-0.05, 0) is 74.2 Å². The first-order valence-corrected chi connectivity index (χ1v) is 12.1. The van der Waals surface area contributed by atoms with Crippen molar-refractivity contribution < 1.29 is 24.2 Å². The number of likely N-dealkylation sites (tertiary alicyclic amines) is 1.